The predicted octanol–water partition coefficient (Wildman–Crippen LogP) is 2.29. The largest absolute Gasteiger partial charge is 0.326 e. The van der Waals surface area contributed by atoms with Crippen molar-refractivity contribution in [2.75, 3.05) is 11.1 Å². The van der Waals surface area contributed by atoms with Crippen molar-refractivity contribution >= 4 is 21.4 Å². The van der Waals surface area contributed by atoms with Gasteiger partial charge < -0.3 is 5.32 Å². The molecule has 0 aliphatic carbocycles. The van der Waals surface area contributed by atoms with Gasteiger partial charge in [-0.1, -0.05) is 26.0 Å². The Labute approximate surface area is 129 Å². The monoisotopic (exact) mass is 319 g/mol. The Hall–Kier alpha value is -2.28. The Balaban J connectivity index is 2.29. The summed E-state index contributed by atoms with van der Waals surface area (Å²) in [6, 6.07) is 10.2. The van der Waals surface area contributed by atoms with Crippen LogP contribution in [0.5, 0.6) is 0 Å². The highest BCUT2D eigenvalue weighted by Crippen LogP contribution is 2.21. The smallest absolute Gasteiger partial charge is 0.224 e. The lowest BCUT2D eigenvalue weighted by Crippen LogP contribution is -2.09. The van der Waals surface area contributed by atoms with E-state index in [1.807, 2.05) is 6.07 Å². The van der Waals surface area contributed by atoms with Gasteiger partial charge >= 0.3 is 0 Å². The van der Waals surface area contributed by atoms with Crippen molar-refractivity contribution in [3.05, 3.63) is 36.4 Å². The lowest BCUT2D eigenvalue weighted by Gasteiger charge is -2.06. The van der Waals surface area contributed by atoms with Crippen molar-refractivity contribution in [1.82, 2.24) is 10.2 Å². The molecule has 0 unspecified atom stereocenters. The zero-order valence-corrected chi connectivity index (χ0v) is 13.2. The maximum Gasteiger partial charge on any atom is 0.224 e. The minimum absolute atomic E-state index is 0.0143. The molecule has 1 N–H and O–H groups in total. The molecule has 1 aromatic carbocycles. The average Bonchev–Trinajstić information content (AvgIpc) is 2.55. The molecule has 0 fully saturated rings. The van der Waals surface area contributed by atoms with Crippen molar-refractivity contribution < 1.29 is 13.2 Å². The van der Waals surface area contributed by atoms with E-state index >= 15 is 0 Å². The van der Waals surface area contributed by atoms with Gasteiger partial charge in [-0.15, -0.1) is 10.2 Å². The molecular formula is C15H17N3O3S. The summed E-state index contributed by atoms with van der Waals surface area (Å²) in [5, 5.41) is 10.5. The Morgan fingerprint density at radius 2 is 1.91 bits per heavy atom. The number of rotatable bonds is 5. The van der Waals surface area contributed by atoms with E-state index in [1.54, 1.807) is 38.1 Å². The lowest BCUT2D eigenvalue weighted by atomic mass is 10.1. The predicted molar refractivity (Wildman–Crippen MR) is 84.1 cm³/mol. The number of carbonyl (C=O) groups is 1. The SMILES string of the molecule is CCC(=O)Nc1cccc(-c2ccc(S(=O)(=O)CC)nn2)c1. The fraction of sp³-hybridized carbons (Fsp3) is 0.267. The first-order chi connectivity index (χ1) is 10.5. The minimum Gasteiger partial charge on any atom is -0.326 e. The Bertz CT molecular complexity index is 771. The molecule has 22 heavy (non-hydrogen) atoms. The number of nitrogens with zero attached hydrogens (tertiary/aromatic N) is 2. The second-order valence-electron chi connectivity index (χ2n) is 4.64. The first-order valence-corrected chi connectivity index (χ1v) is 8.58. The number of benzene rings is 1. The Morgan fingerprint density at radius 3 is 2.50 bits per heavy atom. The molecule has 6 nitrogen and oxygen atoms in total. The van der Waals surface area contributed by atoms with Crippen molar-refractivity contribution in [2.45, 2.75) is 25.3 Å². The maximum absolute atomic E-state index is 11.7. The first-order valence-electron chi connectivity index (χ1n) is 6.93. The molecule has 2 rings (SSSR count). The topological polar surface area (TPSA) is 89.0 Å². The fourth-order valence-corrected chi connectivity index (χ4v) is 2.53. The van der Waals surface area contributed by atoms with Crippen molar-refractivity contribution in [3.63, 3.8) is 0 Å². The summed E-state index contributed by atoms with van der Waals surface area (Å²) < 4.78 is 23.4. The molecule has 0 aliphatic rings. The standard InChI is InChI=1S/C15H17N3O3S/c1-3-14(19)16-12-7-5-6-11(10-12)13-8-9-15(18-17-13)22(20,21)4-2/h5-10H,3-4H2,1-2H3,(H,16,19). The zero-order valence-electron chi connectivity index (χ0n) is 12.4. The molecular weight excluding hydrogens is 302 g/mol. The molecule has 0 radical (unpaired) electrons. The van der Waals surface area contributed by atoms with Crippen molar-refractivity contribution in [2.24, 2.45) is 0 Å². The molecule has 0 saturated heterocycles. The molecule has 116 valence electrons. The zero-order chi connectivity index (χ0) is 16.2. The van der Waals surface area contributed by atoms with Crippen molar-refractivity contribution in [3.8, 4) is 11.3 Å². The van der Waals surface area contributed by atoms with Gasteiger partial charge in [0.15, 0.2) is 14.9 Å². The van der Waals surface area contributed by atoms with E-state index in [0.717, 1.165) is 5.56 Å². The van der Waals surface area contributed by atoms with Crippen LogP contribution in [-0.4, -0.2) is 30.3 Å². The van der Waals surface area contributed by atoms with Crippen LogP contribution in [0.1, 0.15) is 20.3 Å². The van der Waals surface area contributed by atoms with Crippen LogP contribution in [0.2, 0.25) is 0 Å². The van der Waals surface area contributed by atoms with Crippen LogP contribution in [0.25, 0.3) is 11.3 Å². The number of anilines is 1. The van der Waals surface area contributed by atoms with Crippen LogP contribution in [0.4, 0.5) is 5.69 Å². The van der Waals surface area contributed by atoms with Gasteiger partial charge in [0.25, 0.3) is 0 Å². The number of sulfone groups is 1. The summed E-state index contributed by atoms with van der Waals surface area (Å²) in [7, 11) is -3.36. The third-order valence-electron chi connectivity index (χ3n) is 3.10. The highest BCUT2D eigenvalue weighted by atomic mass is 32.2. The van der Waals surface area contributed by atoms with Crippen LogP contribution in [-0.2, 0) is 14.6 Å². The quantitative estimate of drug-likeness (QED) is 0.913. The number of carbonyl (C=O) groups excluding carboxylic acids is 1. The van der Waals surface area contributed by atoms with Crippen LogP contribution >= 0.6 is 0 Å². The normalized spacial score (nSPS) is 11.2. The summed E-state index contributed by atoms with van der Waals surface area (Å²) in [4.78, 5) is 11.4. The molecule has 0 spiro atoms. The highest BCUT2D eigenvalue weighted by Gasteiger charge is 2.14. The maximum atomic E-state index is 11.7. The summed E-state index contributed by atoms with van der Waals surface area (Å²) >= 11 is 0. The summed E-state index contributed by atoms with van der Waals surface area (Å²) in [5.41, 5.74) is 1.96. The van der Waals surface area contributed by atoms with Crippen LogP contribution < -0.4 is 5.32 Å². The lowest BCUT2D eigenvalue weighted by molar-refractivity contribution is -0.115. The van der Waals surface area contributed by atoms with Gasteiger partial charge in [-0.2, -0.15) is 0 Å². The number of hydrogen-bond acceptors (Lipinski definition) is 5. The summed E-state index contributed by atoms with van der Waals surface area (Å²) in [6.07, 6.45) is 0.396. The Morgan fingerprint density at radius 1 is 1.14 bits per heavy atom. The van der Waals surface area contributed by atoms with Crippen molar-refractivity contribution in [1.29, 1.82) is 0 Å². The second-order valence-corrected chi connectivity index (χ2v) is 6.87. The molecule has 1 aromatic heterocycles. The van der Waals surface area contributed by atoms with Gasteiger partial charge in [0, 0.05) is 17.7 Å². The first kappa shape index (κ1) is 16.1. The van der Waals surface area contributed by atoms with Gasteiger partial charge in [-0.3, -0.25) is 4.79 Å². The van der Waals surface area contributed by atoms with Crippen LogP contribution in [0, 0.1) is 0 Å². The molecule has 1 heterocycles. The molecule has 0 atom stereocenters. The van der Waals surface area contributed by atoms with E-state index < -0.39 is 9.84 Å². The fourth-order valence-electron chi connectivity index (χ4n) is 1.79. The highest BCUT2D eigenvalue weighted by molar-refractivity contribution is 7.91. The van der Waals surface area contributed by atoms with E-state index in [-0.39, 0.29) is 16.7 Å². The summed E-state index contributed by atoms with van der Waals surface area (Å²) in [6.45, 7) is 3.34. The molecule has 2 aromatic rings. The van der Waals surface area contributed by atoms with E-state index in [4.69, 9.17) is 0 Å². The molecule has 1 amide bonds. The molecule has 0 bridgehead atoms. The van der Waals surface area contributed by atoms with E-state index in [0.29, 0.717) is 17.8 Å². The molecule has 0 saturated carbocycles. The number of hydrogen-bond donors (Lipinski definition) is 1. The van der Waals surface area contributed by atoms with E-state index in [2.05, 4.69) is 15.5 Å². The van der Waals surface area contributed by atoms with E-state index in [9.17, 15) is 13.2 Å². The minimum atomic E-state index is -3.36. The number of amides is 1. The van der Waals surface area contributed by atoms with Gasteiger partial charge in [0.1, 0.15) is 0 Å². The molecule has 7 heteroatoms. The number of aromatic nitrogens is 2. The summed E-state index contributed by atoms with van der Waals surface area (Å²) in [5.74, 6) is -0.0906. The second kappa shape index (κ2) is 6.65. The third-order valence-corrected chi connectivity index (χ3v) is 4.72. The number of nitrogens with one attached hydrogen (secondary N) is 1. The van der Waals surface area contributed by atoms with Gasteiger partial charge in [0.05, 0.1) is 11.4 Å². The van der Waals surface area contributed by atoms with Crippen LogP contribution in [0.15, 0.2) is 41.4 Å². The van der Waals surface area contributed by atoms with E-state index in [1.165, 1.54) is 6.07 Å². The Kier molecular flexibility index (Phi) is 4.87. The average molecular weight is 319 g/mol. The van der Waals surface area contributed by atoms with Gasteiger partial charge in [0.2, 0.25) is 5.91 Å². The van der Waals surface area contributed by atoms with Gasteiger partial charge in [-0.25, -0.2) is 8.42 Å². The molecule has 0 aliphatic heterocycles. The van der Waals surface area contributed by atoms with Crippen LogP contribution in [0.3, 0.4) is 0 Å². The third kappa shape index (κ3) is 3.67. The van der Waals surface area contributed by atoms with Gasteiger partial charge in [-0.05, 0) is 24.3 Å².